The second-order valence-corrected chi connectivity index (χ2v) is 11.9. The van der Waals surface area contributed by atoms with Crippen molar-refractivity contribution in [1.82, 2.24) is 0 Å². The van der Waals surface area contributed by atoms with Gasteiger partial charge in [-0.2, -0.15) is 5.26 Å². The van der Waals surface area contributed by atoms with Crippen LogP contribution >= 0.6 is 0 Å². The normalized spacial score (nSPS) is 12.9. The van der Waals surface area contributed by atoms with E-state index in [0.29, 0.717) is 0 Å². The maximum absolute atomic E-state index is 11.6. The van der Waals surface area contributed by atoms with Crippen molar-refractivity contribution in [2.45, 2.75) is 32.2 Å². The summed E-state index contributed by atoms with van der Waals surface area (Å²) in [5, 5.41) is 11.6. The molecule has 0 saturated heterocycles. The van der Waals surface area contributed by atoms with Gasteiger partial charge in [0.05, 0.1) is 32.1 Å². The molecule has 0 spiro atoms. The van der Waals surface area contributed by atoms with Crippen molar-refractivity contribution in [3.63, 3.8) is 0 Å². The molecule has 2 rings (SSSR count). The number of hydrogen-bond donors (Lipinski definition) is 0. The number of nitrogens with zero attached hydrogens (tertiary/aromatic N) is 1. The first-order valence-corrected chi connectivity index (χ1v) is 11.0. The van der Waals surface area contributed by atoms with Gasteiger partial charge in [0.15, 0.2) is 0 Å². The number of nitriles is 1. The van der Waals surface area contributed by atoms with Gasteiger partial charge >= 0.3 is 5.97 Å². The van der Waals surface area contributed by atoms with E-state index in [9.17, 15) is 10.1 Å². The van der Waals surface area contributed by atoms with Gasteiger partial charge in [-0.3, -0.25) is 4.79 Å². The molecule has 1 unspecified atom stereocenters. The molecule has 0 heterocycles. The van der Waals surface area contributed by atoms with Crippen molar-refractivity contribution in [2.75, 3.05) is 13.7 Å². The monoisotopic (exact) mass is 381 g/mol. The third kappa shape index (κ3) is 4.65. The van der Waals surface area contributed by atoms with Crippen LogP contribution in [0.25, 0.3) is 0 Å². The van der Waals surface area contributed by atoms with E-state index in [2.05, 4.69) is 51.1 Å². The molecule has 0 aliphatic heterocycles. The maximum Gasteiger partial charge on any atom is 0.306 e. The summed E-state index contributed by atoms with van der Waals surface area (Å²) in [5.41, 5.74) is 0. The lowest BCUT2D eigenvalue weighted by Crippen LogP contribution is -2.66. The van der Waals surface area contributed by atoms with Crippen molar-refractivity contribution >= 4 is 24.7 Å². The lowest BCUT2D eigenvalue weighted by atomic mass is 10.1. The summed E-state index contributed by atoms with van der Waals surface area (Å²) in [6.07, 6.45) is 0.0329. The Bertz CT molecular complexity index is 739. The van der Waals surface area contributed by atoms with Gasteiger partial charge in [0.25, 0.3) is 8.32 Å². The molecule has 142 valence electrons. The number of ether oxygens (including phenoxy) is 1. The quantitative estimate of drug-likeness (QED) is 0.546. The number of hydrogen-bond acceptors (Lipinski definition) is 4. The number of methoxy groups -OCH3 is 1. The number of carbonyl (C=O) groups is 1. The molecule has 0 amide bonds. The molecular weight excluding hydrogens is 354 g/mol. The molecule has 27 heavy (non-hydrogen) atoms. The summed E-state index contributed by atoms with van der Waals surface area (Å²) in [7, 11) is -1.36. The van der Waals surface area contributed by atoms with Crippen LogP contribution in [0.5, 0.6) is 0 Å². The number of carbonyl (C=O) groups excluding carboxylic acids is 1. The lowest BCUT2D eigenvalue weighted by molar-refractivity contribution is -0.141. The first-order valence-electron chi connectivity index (χ1n) is 9.06. The third-order valence-corrected chi connectivity index (χ3v) is 9.75. The topological polar surface area (TPSA) is 59.3 Å². The predicted molar refractivity (Wildman–Crippen MR) is 109 cm³/mol. The Morgan fingerprint density at radius 1 is 1.04 bits per heavy atom. The molecule has 0 N–H and O–H groups in total. The summed E-state index contributed by atoms with van der Waals surface area (Å²) in [4.78, 5) is 11.6. The zero-order valence-electron chi connectivity index (χ0n) is 16.4. The Morgan fingerprint density at radius 2 is 1.52 bits per heavy atom. The zero-order chi connectivity index (χ0) is 19.9. The van der Waals surface area contributed by atoms with Gasteiger partial charge in [-0.15, -0.1) is 0 Å². The Balaban J connectivity index is 2.50. The summed E-state index contributed by atoms with van der Waals surface area (Å²) in [5.74, 6) is -0.938. The summed E-state index contributed by atoms with van der Waals surface area (Å²) in [6.45, 7) is 6.74. The zero-order valence-corrected chi connectivity index (χ0v) is 17.4. The molecule has 0 bridgehead atoms. The minimum absolute atomic E-state index is 0.0329. The SMILES string of the molecule is COC(=O)CC(C#N)CO[Si](c1ccccc1)(c1ccccc1)C(C)(C)C. The molecule has 4 nitrogen and oxygen atoms in total. The van der Waals surface area contributed by atoms with Crippen LogP contribution in [0, 0.1) is 17.2 Å². The Kier molecular flexibility index (Phi) is 6.95. The first kappa shape index (κ1) is 20.9. The van der Waals surface area contributed by atoms with E-state index in [1.165, 1.54) is 7.11 Å². The van der Waals surface area contributed by atoms with Crippen LogP contribution in [0.15, 0.2) is 60.7 Å². The predicted octanol–water partition coefficient (Wildman–Crippen LogP) is 3.27. The molecule has 0 aliphatic carbocycles. The Hall–Kier alpha value is -2.42. The van der Waals surface area contributed by atoms with Crippen LogP contribution in [0.2, 0.25) is 5.04 Å². The van der Waals surface area contributed by atoms with E-state index >= 15 is 0 Å². The van der Waals surface area contributed by atoms with Crippen LogP contribution < -0.4 is 10.4 Å². The van der Waals surface area contributed by atoms with Gasteiger partial charge in [-0.25, -0.2) is 0 Å². The highest BCUT2D eigenvalue weighted by atomic mass is 28.4. The Labute approximate surface area is 162 Å². The second-order valence-electron chi connectivity index (χ2n) is 7.58. The first-order chi connectivity index (χ1) is 12.8. The summed E-state index contributed by atoms with van der Waals surface area (Å²) in [6, 6.07) is 22.7. The average Bonchev–Trinajstić information content (AvgIpc) is 2.67. The van der Waals surface area contributed by atoms with Crippen LogP contribution in [0.4, 0.5) is 0 Å². The average molecular weight is 382 g/mol. The fourth-order valence-electron chi connectivity index (χ4n) is 3.41. The summed E-state index contributed by atoms with van der Waals surface area (Å²) >= 11 is 0. The molecule has 0 aliphatic rings. The lowest BCUT2D eigenvalue weighted by Gasteiger charge is -2.43. The molecule has 0 fully saturated rings. The van der Waals surface area contributed by atoms with Gasteiger partial charge in [-0.05, 0) is 15.4 Å². The highest BCUT2D eigenvalue weighted by Crippen LogP contribution is 2.37. The van der Waals surface area contributed by atoms with E-state index in [1.54, 1.807) is 0 Å². The number of rotatable bonds is 7. The van der Waals surface area contributed by atoms with Crippen molar-refractivity contribution in [3.05, 3.63) is 60.7 Å². The van der Waals surface area contributed by atoms with E-state index in [1.807, 2.05) is 36.4 Å². The number of esters is 1. The highest BCUT2D eigenvalue weighted by molar-refractivity contribution is 6.99. The molecule has 1 atom stereocenters. The largest absolute Gasteiger partial charge is 0.469 e. The molecule has 0 radical (unpaired) electrons. The van der Waals surface area contributed by atoms with Crippen molar-refractivity contribution in [1.29, 1.82) is 5.26 Å². The molecule has 2 aromatic carbocycles. The van der Waals surface area contributed by atoms with Crippen molar-refractivity contribution < 1.29 is 14.0 Å². The standard InChI is InChI=1S/C22H27NO3Si/c1-22(2,3)27(19-11-7-5-8-12-19,20-13-9-6-10-14-20)26-17-18(16-23)15-21(24)25-4/h5-14,18H,15,17H2,1-4H3. The van der Waals surface area contributed by atoms with Gasteiger partial charge in [-0.1, -0.05) is 81.4 Å². The fourth-order valence-corrected chi connectivity index (χ4v) is 8.02. The molecule has 2 aromatic rings. The smallest absolute Gasteiger partial charge is 0.306 e. The van der Waals surface area contributed by atoms with Crippen molar-refractivity contribution in [3.8, 4) is 6.07 Å². The third-order valence-electron chi connectivity index (χ3n) is 4.74. The van der Waals surface area contributed by atoms with Crippen LogP contribution in [0.3, 0.4) is 0 Å². The van der Waals surface area contributed by atoms with E-state index < -0.39 is 20.2 Å². The molecule has 5 heteroatoms. The van der Waals surface area contributed by atoms with E-state index in [0.717, 1.165) is 10.4 Å². The van der Waals surface area contributed by atoms with Crippen LogP contribution in [-0.2, 0) is 14.0 Å². The molecule has 0 aromatic heterocycles. The van der Waals surface area contributed by atoms with Gasteiger partial charge in [0.2, 0.25) is 0 Å². The highest BCUT2D eigenvalue weighted by Gasteiger charge is 2.50. The van der Waals surface area contributed by atoms with Gasteiger partial charge < -0.3 is 9.16 Å². The fraction of sp³-hybridized carbons (Fsp3) is 0.364. The van der Waals surface area contributed by atoms with Crippen molar-refractivity contribution in [2.24, 2.45) is 5.92 Å². The maximum atomic E-state index is 11.6. The van der Waals surface area contributed by atoms with Gasteiger partial charge in [0, 0.05) is 0 Å². The number of benzene rings is 2. The van der Waals surface area contributed by atoms with E-state index in [4.69, 9.17) is 9.16 Å². The Morgan fingerprint density at radius 3 is 1.89 bits per heavy atom. The minimum atomic E-state index is -2.69. The molecule has 0 saturated carbocycles. The van der Waals surface area contributed by atoms with Crippen LogP contribution in [-0.4, -0.2) is 28.0 Å². The molecular formula is C22H27NO3Si. The second kappa shape index (κ2) is 8.98. The summed E-state index contributed by atoms with van der Waals surface area (Å²) < 4.78 is 11.4. The minimum Gasteiger partial charge on any atom is -0.469 e. The van der Waals surface area contributed by atoms with Crippen LogP contribution in [0.1, 0.15) is 27.2 Å². The van der Waals surface area contributed by atoms with Gasteiger partial charge in [0.1, 0.15) is 0 Å². The van der Waals surface area contributed by atoms with E-state index in [-0.39, 0.29) is 18.1 Å².